The number of hydrogen-bond donors (Lipinski definition) is 0. The van der Waals surface area contributed by atoms with E-state index in [2.05, 4.69) is 0 Å². The molecule has 0 aromatic carbocycles. The van der Waals surface area contributed by atoms with Gasteiger partial charge in [-0.05, 0) is 11.0 Å². The van der Waals surface area contributed by atoms with E-state index < -0.39 is 21.7 Å². The summed E-state index contributed by atoms with van der Waals surface area (Å²) in [6.45, 7) is 22.1. The van der Waals surface area contributed by atoms with Crippen molar-refractivity contribution in [3.8, 4) is 0 Å². The molecule has 0 bridgehead atoms. The SMILES string of the molecule is CC(C)(C)C(=O)CC(=O)C(C)(C)C.CC(C)(C)C(=O)CC(=O)C(C)(C)C.Cl.Cl.[SiH4]. The lowest BCUT2D eigenvalue weighted by molar-refractivity contribution is -0.136. The highest BCUT2D eigenvalue weighted by atomic mass is 35.5. The van der Waals surface area contributed by atoms with E-state index in [1.807, 2.05) is 83.1 Å². The van der Waals surface area contributed by atoms with Gasteiger partial charge < -0.3 is 0 Å². The van der Waals surface area contributed by atoms with Gasteiger partial charge in [-0.1, -0.05) is 83.1 Å². The Kier molecular flexibility index (Phi) is 18.4. The Morgan fingerprint density at radius 1 is 0.414 bits per heavy atom. The lowest BCUT2D eigenvalue weighted by Gasteiger charge is -2.20. The van der Waals surface area contributed by atoms with Crippen molar-refractivity contribution >= 4 is 58.9 Å². The molecule has 0 amide bonds. The summed E-state index contributed by atoms with van der Waals surface area (Å²) in [6, 6.07) is 0. The van der Waals surface area contributed by atoms with Crippen molar-refractivity contribution in [2.75, 3.05) is 0 Å². The zero-order chi connectivity index (χ0) is 21.7. The summed E-state index contributed by atoms with van der Waals surface area (Å²) >= 11 is 0. The van der Waals surface area contributed by atoms with Crippen molar-refractivity contribution in [1.82, 2.24) is 0 Å². The smallest absolute Gasteiger partial charge is 0.145 e. The van der Waals surface area contributed by atoms with Crippen LogP contribution in [0.3, 0.4) is 0 Å². The van der Waals surface area contributed by atoms with E-state index in [4.69, 9.17) is 0 Å². The topological polar surface area (TPSA) is 68.3 Å². The van der Waals surface area contributed by atoms with Crippen molar-refractivity contribution in [2.45, 2.75) is 95.9 Å². The molecule has 0 aromatic rings. The summed E-state index contributed by atoms with van der Waals surface area (Å²) in [5.74, 6) is 0.0831. The van der Waals surface area contributed by atoms with Gasteiger partial charge in [0.25, 0.3) is 0 Å². The molecule has 0 rings (SSSR count). The van der Waals surface area contributed by atoms with Gasteiger partial charge in [0, 0.05) is 21.7 Å². The largest absolute Gasteiger partial charge is 0.299 e. The highest BCUT2D eigenvalue weighted by Crippen LogP contribution is 2.23. The van der Waals surface area contributed by atoms with E-state index in [0.29, 0.717) is 0 Å². The number of hydrogen-bond acceptors (Lipinski definition) is 4. The first-order valence-electron chi connectivity index (χ1n) is 9.23. The van der Waals surface area contributed by atoms with E-state index >= 15 is 0 Å². The predicted molar refractivity (Wildman–Crippen MR) is 133 cm³/mol. The van der Waals surface area contributed by atoms with Crippen molar-refractivity contribution in [2.24, 2.45) is 21.7 Å². The fraction of sp³-hybridized carbons (Fsp3) is 0.818. The molecule has 0 saturated carbocycles. The summed E-state index contributed by atoms with van der Waals surface area (Å²) < 4.78 is 0. The van der Waals surface area contributed by atoms with Crippen LogP contribution >= 0.6 is 24.8 Å². The number of carbonyl (C=O) groups excluding carboxylic acids is 4. The molecule has 0 N–H and O–H groups in total. The molecule has 0 aliphatic rings. The summed E-state index contributed by atoms with van der Waals surface area (Å²) in [7, 11) is 0. The second-order valence-electron chi connectivity index (χ2n) is 11.0. The minimum absolute atomic E-state index is 0. The van der Waals surface area contributed by atoms with E-state index in [-0.39, 0.29) is 71.8 Å². The molecule has 0 fully saturated rings. The van der Waals surface area contributed by atoms with Crippen LogP contribution in [0.25, 0.3) is 0 Å². The predicted octanol–water partition coefficient (Wildman–Crippen LogP) is 4.61. The Labute approximate surface area is 195 Å². The fourth-order valence-electron chi connectivity index (χ4n) is 1.35. The molecule has 0 aliphatic carbocycles. The van der Waals surface area contributed by atoms with E-state index in [0.717, 1.165) is 0 Å². The van der Waals surface area contributed by atoms with Crippen LogP contribution in [0.4, 0.5) is 0 Å². The standard InChI is InChI=1S/2C11H20O2.2ClH.H4Si/c2*1-10(2,3)8(12)7-9(13)11(4,5)6;;;/h2*7H2,1-6H3;2*1H;1H4. The molecule has 0 unspecified atom stereocenters. The van der Waals surface area contributed by atoms with Crippen LogP contribution in [0.2, 0.25) is 0 Å². The second kappa shape index (κ2) is 13.7. The van der Waals surface area contributed by atoms with E-state index in [9.17, 15) is 19.2 Å². The first-order chi connectivity index (χ1) is 11.1. The number of ketones is 4. The maximum Gasteiger partial charge on any atom is 0.145 e. The lowest BCUT2D eigenvalue weighted by Crippen LogP contribution is -2.28. The molecule has 0 heterocycles. The molecular weight excluding hydrogens is 427 g/mol. The maximum absolute atomic E-state index is 11.5. The van der Waals surface area contributed by atoms with Gasteiger partial charge in [0.1, 0.15) is 23.1 Å². The van der Waals surface area contributed by atoms with Gasteiger partial charge >= 0.3 is 0 Å². The van der Waals surface area contributed by atoms with Gasteiger partial charge in [0.2, 0.25) is 0 Å². The normalized spacial score (nSPS) is 11.4. The van der Waals surface area contributed by atoms with Gasteiger partial charge in [0.15, 0.2) is 0 Å². The van der Waals surface area contributed by atoms with Crippen LogP contribution in [0.1, 0.15) is 95.9 Å². The molecule has 0 aliphatic heterocycles. The Balaban J connectivity index is -0.000000120. The maximum atomic E-state index is 11.5. The molecule has 29 heavy (non-hydrogen) atoms. The molecule has 0 spiro atoms. The average molecular weight is 474 g/mol. The average Bonchev–Trinajstić information content (AvgIpc) is 2.34. The molecule has 0 aromatic heterocycles. The lowest BCUT2D eigenvalue weighted by atomic mass is 9.82. The third kappa shape index (κ3) is 18.0. The highest BCUT2D eigenvalue weighted by Gasteiger charge is 2.29. The zero-order valence-corrected chi connectivity index (χ0v) is 21.5. The van der Waals surface area contributed by atoms with Crippen LogP contribution in [-0.4, -0.2) is 34.1 Å². The minimum atomic E-state index is -0.402. The van der Waals surface area contributed by atoms with Gasteiger partial charge in [-0.15, -0.1) is 24.8 Å². The second-order valence-corrected chi connectivity index (χ2v) is 11.0. The van der Waals surface area contributed by atoms with Crippen LogP contribution in [0.15, 0.2) is 0 Å². The summed E-state index contributed by atoms with van der Waals surface area (Å²) in [5.41, 5.74) is -1.61. The monoisotopic (exact) mass is 472 g/mol. The molecule has 7 heteroatoms. The Bertz CT molecular complexity index is 445. The minimum Gasteiger partial charge on any atom is -0.299 e. The Morgan fingerprint density at radius 3 is 0.586 bits per heavy atom. The van der Waals surface area contributed by atoms with Gasteiger partial charge in [0.05, 0.1) is 12.8 Å². The third-order valence-electron chi connectivity index (χ3n) is 3.99. The molecule has 176 valence electrons. The Hall–Kier alpha value is -0.523. The van der Waals surface area contributed by atoms with Crippen LogP contribution in [0, 0.1) is 21.7 Å². The van der Waals surface area contributed by atoms with E-state index in [1.165, 1.54) is 0 Å². The molecule has 0 atom stereocenters. The van der Waals surface area contributed by atoms with Crippen molar-refractivity contribution in [3.63, 3.8) is 0 Å². The van der Waals surface area contributed by atoms with Crippen LogP contribution < -0.4 is 0 Å². The number of carbonyl (C=O) groups is 4. The molecule has 0 saturated heterocycles. The molecular formula is C22H46Cl2O4Si. The van der Waals surface area contributed by atoms with E-state index in [1.54, 1.807) is 0 Å². The third-order valence-corrected chi connectivity index (χ3v) is 3.99. The number of Topliss-reactive ketones (excluding diaryl/α,β-unsaturated/α-hetero) is 4. The summed E-state index contributed by atoms with van der Waals surface area (Å²) in [5, 5.41) is 0. The zero-order valence-electron chi connectivity index (χ0n) is 19.9. The summed E-state index contributed by atoms with van der Waals surface area (Å²) in [6.07, 6.45) is 0.125. The quantitative estimate of drug-likeness (QED) is 0.442. The molecule has 4 nitrogen and oxygen atoms in total. The van der Waals surface area contributed by atoms with Crippen molar-refractivity contribution in [1.29, 1.82) is 0 Å². The molecule has 0 radical (unpaired) electrons. The summed E-state index contributed by atoms with van der Waals surface area (Å²) in [4.78, 5) is 46.0. The Morgan fingerprint density at radius 2 is 0.517 bits per heavy atom. The first kappa shape index (κ1) is 39.0. The van der Waals surface area contributed by atoms with Gasteiger partial charge in [-0.2, -0.15) is 0 Å². The van der Waals surface area contributed by atoms with Gasteiger partial charge in [-0.3, -0.25) is 19.2 Å². The van der Waals surface area contributed by atoms with Gasteiger partial charge in [-0.25, -0.2) is 0 Å². The highest BCUT2D eigenvalue weighted by molar-refractivity contribution is 6.03. The number of rotatable bonds is 4. The fourth-order valence-corrected chi connectivity index (χ4v) is 1.35. The van der Waals surface area contributed by atoms with Crippen molar-refractivity contribution < 1.29 is 19.2 Å². The van der Waals surface area contributed by atoms with Crippen LogP contribution in [0.5, 0.6) is 0 Å². The van der Waals surface area contributed by atoms with Crippen molar-refractivity contribution in [3.05, 3.63) is 0 Å². The number of halogens is 2. The van der Waals surface area contributed by atoms with Crippen LogP contribution in [-0.2, 0) is 19.2 Å². The first-order valence-corrected chi connectivity index (χ1v) is 9.23.